The van der Waals surface area contributed by atoms with E-state index in [2.05, 4.69) is 20.8 Å². The molecule has 0 bridgehead atoms. The van der Waals surface area contributed by atoms with Gasteiger partial charge in [-0.15, -0.1) is 0 Å². The predicted octanol–water partition coefficient (Wildman–Crippen LogP) is 3.11. The lowest BCUT2D eigenvalue weighted by Gasteiger charge is -2.36. The Labute approximate surface area is 118 Å². The number of carbonyl (C=O) groups is 1. The molecule has 2 unspecified atom stereocenters. The van der Waals surface area contributed by atoms with Crippen LogP contribution in [0.4, 0.5) is 0 Å². The fraction of sp³-hybridized carbons (Fsp3) is 0.929. The third kappa shape index (κ3) is 3.95. The maximum absolute atomic E-state index is 12.3. The molecular formula is C14H24BrNO2. The van der Waals surface area contributed by atoms with Crippen molar-refractivity contribution in [2.75, 3.05) is 18.5 Å². The molecule has 2 atom stereocenters. The van der Waals surface area contributed by atoms with Gasteiger partial charge in [-0.1, -0.05) is 15.9 Å². The molecule has 1 amide bonds. The highest BCUT2D eigenvalue weighted by Gasteiger charge is 2.26. The highest BCUT2D eigenvalue weighted by atomic mass is 79.9. The zero-order chi connectivity index (χ0) is 12.8. The van der Waals surface area contributed by atoms with Crippen LogP contribution < -0.4 is 0 Å². The number of hydrogen-bond donors (Lipinski definition) is 0. The third-order valence-electron chi connectivity index (χ3n) is 4.09. The number of rotatable bonds is 5. The standard InChI is InChI=1S/C14H24BrNO2/c15-9-8-12-4-1-2-10-16(12)14(17)7-6-13-5-3-11-18-13/h12-13H,1-11H2. The highest BCUT2D eigenvalue weighted by Crippen LogP contribution is 2.23. The van der Waals surface area contributed by atoms with Gasteiger partial charge in [0, 0.05) is 30.9 Å². The SMILES string of the molecule is O=C(CCC1CCCO1)N1CCCCC1CCBr. The molecule has 2 heterocycles. The van der Waals surface area contributed by atoms with Gasteiger partial charge in [-0.3, -0.25) is 4.79 Å². The van der Waals surface area contributed by atoms with Crippen LogP contribution in [-0.4, -0.2) is 41.4 Å². The van der Waals surface area contributed by atoms with Crippen molar-refractivity contribution in [1.29, 1.82) is 0 Å². The Hall–Kier alpha value is -0.0900. The maximum Gasteiger partial charge on any atom is 0.222 e. The van der Waals surface area contributed by atoms with Crippen LogP contribution in [0.25, 0.3) is 0 Å². The molecule has 0 spiro atoms. The molecule has 0 radical (unpaired) electrons. The first-order valence-electron chi connectivity index (χ1n) is 7.28. The van der Waals surface area contributed by atoms with Crippen LogP contribution in [0.3, 0.4) is 0 Å². The molecule has 2 saturated heterocycles. The predicted molar refractivity (Wildman–Crippen MR) is 76.0 cm³/mol. The minimum atomic E-state index is 0.341. The Morgan fingerprint density at radius 2 is 2.11 bits per heavy atom. The molecule has 3 nitrogen and oxygen atoms in total. The Bertz CT molecular complexity index is 265. The van der Waals surface area contributed by atoms with Gasteiger partial charge in [-0.2, -0.15) is 0 Å². The molecule has 0 aromatic rings. The number of amides is 1. The molecule has 2 fully saturated rings. The van der Waals surface area contributed by atoms with Gasteiger partial charge < -0.3 is 9.64 Å². The monoisotopic (exact) mass is 317 g/mol. The third-order valence-corrected chi connectivity index (χ3v) is 4.55. The number of ether oxygens (including phenoxy) is 1. The van der Waals surface area contributed by atoms with Crippen LogP contribution in [0.1, 0.15) is 51.4 Å². The van der Waals surface area contributed by atoms with E-state index in [0.717, 1.165) is 44.2 Å². The average molecular weight is 318 g/mol. The number of hydrogen-bond acceptors (Lipinski definition) is 2. The average Bonchev–Trinajstić information content (AvgIpc) is 2.90. The van der Waals surface area contributed by atoms with Crippen molar-refractivity contribution in [2.24, 2.45) is 0 Å². The number of alkyl halides is 1. The molecule has 2 aliphatic rings. The van der Waals surface area contributed by atoms with E-state index in [9.17, 15) is 4.79 Å². The van der Waals surface area contributed by atoms with E-state index >= 15 is 0 Å². The van der Waals surface area contributed by atoms with Crippen molar-refractivity contribution < 1.29 is 9.53 Å². The number of carbonyl (C=O) groups excluding carboxylic acids is 1. The van der Waals surface area contributed by atoms with E-state index in [0.29, 0.717) is 24.5 Å². The molecule has 104 valence electrons. The van der Waals surface area contributed by atoms with Crippen molar-refractivity contribution in [3.8, 4) is 0 Å². The van der Waals surface area contributed by atoms with E-state index < -0.39 is 0 Å². The van der Waals surface area contributed by atoms with Crippen molar-refractivity contribution in [3.05, 3.63) is 0 Å². The number of piperidine rings is 1. The zero-order valence-corrected chi connectivity index (χ0v) is 12.7. The summed E-state index contributed by atoms with van der Waals surface area (Å²) < 4.78 is 5.59. The van der Waals surface area contributed by atoms with Crippen molar-refractivity contribution in [1.82, 2.24) is 4.90 Å². The molecule has 0 aromatic carbocycles. The molecular weight excluding hydrogens is 294 g/mol. The molecule has 0 saturated carbocycles. The fourth-order valence-corrected chi connectivity index (χ4v) is 3.58. The fourth-order valence-electron chi connectivity index (χ4n) is 3.06. The van der Waals surface area contributed by atoms with Crippen LogP contribution in [0.5, 0.6) is 0 Å². The van der Waals surface area contributed by atoms with Crippen molar-refractivity contribution >= 4 is 21.8 Å². The Balaban J connectivity index is 1.77. The Morgan fingerprint density at radius 1 is 1.22 bits per heavy atom. The summed E-state index contributed by atoms with van der Waals surface area (Å²) in [4.78, 5) is 14.4. The van der Waals surface area contributed by atoms with E-state index in [4.69, 9.17) is 4.74 Å². The summed E-state index contributed by atoms with van der Waals surface area (Å²) in [5.41, 5.74) is 0. The van der Waals surface area contributed by atoms with Crippen LogP contribution in [0, 0.1) is 0 Å². The first-order valence-corrected chi connectivity index (χ1v) is 8.40. The molecule has 0 aromatic heterocycles. The Morgan fingerprint density at radius 3 is 2.83 bits per heavy atom. The van der Waals surface area contributed by atoms with Crippen LogP contribution in [-0.2, 0) is 9.53 Å². The maximum atomic E-state index is 12.3. The van der Waals surface area contributed by atoms with E-state index in [-0.39, 0.29) is 0 Å². The highest BCUT2D eigenvalue weighted by molar-refractivity contribution is 9.09. The summed E-state index contributed by atoms with van der Waals surface area (Å²) >= 11 is 3.50. The van der Waals surface area contributed by atoms with Crippen LogP contribution in [0.2, 0.25) is 0 Å². The van der Waals surface area contributed by atoms with Crippen molar-refractivity contribution in [3.63, 3.8) is 0 Å². The molecule has 2 aliphatic heterocycles. The van der Waals surface area contributed by atoms with Gasteiger partial charge in [0.15, 0.2) is 0 Å². The summed E-state index contributed by atoms with van der Waals surface area (Å²) in [5.74, 6) is 0.344. The first kappa shape index (κ1) is 14.3. The quantitative estimate of drug-likeness (QED) is 0.729. The second kappa shape index (κ2) is 7.49. The molecule has 0 aliphatic carbocycles. The van der Waals surface area contributed by atoms with Gasteiger partial charge in [0.1, 0.15) is 0 Å². The second-order valence-electron chi connectivity index (χ2n) is 5.39. The largest absolute Gasteiger partial charge is 0.378 e. The second-order valence-corrected chi connectivity index (χ2v) is 6.18. The first-order chi connectivity index (χ1) is 8.81. The lowest BCUT2D eigenvalue weighted by atomic mass is 9.99. The summed E-state index contributed by atoms with van der Waals surface area (Å²) in [6.45, 7) is 1.84. The van der Waals surface area contributed by atoms with Gasteiger partial charge in [0.05, 0.1) is 6.10 Å². The molecule has 2 rings (SSSR count). The van der Waals surface area contributed by atoms with E-state index in [1.54, 1.807) is 0 Å². The summed E-state index contributed by atoms with van der Waals surface area (Å²) in [6, 6.07) is 0.468. The van der Waals surface area contributed by atoms with Gasteiger partial charge in [0.2, 0.25) is 5.91 Å². The number of halogens is 1. The summed E-state index contributed by atoms with van der Waals surface area (Å²) in [5, 5.41) is 0.993. The Kier molecular flexibility index (Phi) is 5.96. The lowest BCUT2D eigenvalue weighted by molar-refractivity contribution is -0.135. The van der Waals surface area contributed by atoms with E-state index in [1.807, 2.05) is 0 Å². The smallest absolute Gasteiger partial charge is 0.222 e. The zero-order valence-electron chi connectivity index (χ0n) is 11.1. The number of likely N-dealkylation sites (tertiary alicyclic amines) is 1. The molecule has 0 N–H and O–H groups in total. The summed E-state index contributed by atoms with van der Waals surface area (Å²) in [7, 11) is 0. The van der Waals surface area contributed by atoms with Gasteiger partial charge >= 0.3 is 0 Å². The van der Waals surface area contributed by atoms with Gasteiger partial charge in [-0.25, -0.2) is 0 Å². The summed E-state index contributed by atoms with van der Waals surface area (Å²) in [6.07, 6.45) is 8.93. The number of nitrogens with zero attached hydrogens (tertiary/aromatic N) is 1. The van der Waals surface area contributed by atoms with E-state index in [1.165, 1.54) is 19.3 Å². The van der Waals surface area contributed by atoms with Gasteiger partial charge in [0.25, 0.3) is 0 Å². The van der Waals surface area contributed by atoms with Crippen molar-refractivity contribution in [2.45, 2.75) is 63.5 Å². The normalized spacial score (nSPS) is 28.6. The van der Waals surface area contributed by atoms with Gasteiger partial charge in [-0.05, 0) is 44.9 Å². The lowest BCUT2D eigenvalue weighted by Crippen LogP contribution is -2.44. The molecule has 4 heteroatoms. The topological polar surface area (TPSA) is 29.5 Å². The van der Waals surface area contributed by atoms with Crippen LogP contribution >= 0.6 is 15.9 Å². The minimum absolute atomic E-state index is 0.341. The van der Waals surface area contributed by atoms with Crippen LogP contribution in [0.15, 0.2) is 0 Å². The minimum Gasteiger partial charge on any atom is -0.378 e. The molecule has 18 heavy (non-hydrogen) atoms.